The van der Waals surface area contributed by atoms with E-state index in [0.29, 0.717) is 21.2 Å². The van der Waals surface area contributed by atoms with E-state index in [0.717, 1.165) is 0 Å². The Balaban J connectivity index is 2.56. The van der Waals surface area contributed by atoms with Gasteiger partial charge in [0, 0.05) is 17.3 Å². The zero-order chi connectivity index (χ0) is 13.3. The number of aromatic hydroxyl groups is 1. The van der Waals surface area contributed by atoms with Gasteiger partial charge in [0.2, 0.25) is 0 Å². The standard InChI is InChI=1S/C12H8Cl3NO2/c13-8-2-1-7(11(14)12(8)15)6-3-10(18)9(5-17)16-4-6/h1-4,17-18H,5H2. The first kappa shape index (κ1) is 13.4. The van der Waals surface area contributed by atoms with Crippen LogP contribution >= 0.6 is 34.8 Å². The molecule has 0 unspecified atom stereocenters. The summed E-state index contributed by atoms with van der Waals surface area (Å²) in [5.74, 6) is -0.0999. The quantitative estimate of drug-likeness (QED) is 0.827. The summed E-state index contributed by atoms with van der Waals surface area (Å²) in [6, 6.07) is 4.76. The second-order valence-electron chi connectivity index (χ2n) is 3.57. The SMILES string of the molecule is OCc1ncc(-c2ccc(Cl)c(Cl)c2Cl)cc1O. The third-order valence-electron chi connectivity index (χ3n) is 2.44. The number of aliphatic hydroxyl groups is 1. The lowest BCUT2D eigenvalue weighted by Gasteiger charge is -2.08. The molecule has 2 rings (SSSR count). The number of aromatic nitrogens is 1. The molecule has 0 bridgehead atoms. The van der Waals surface area contributed by atoms with E-state index in [9.17, 15) is 5.11 Å². The molecule has 0 spiro atoms. The lowest BCUT2D eigenvalue weighted by Crippen LogP contribution is -1.91. The van der Waals surface area contributed by atoms with Gasteiger partial charge >= 0.3 is 0 Å². The first-order valence-corrected chi connectivity index (χ1v) is 6.10. The van der Waals surface area contributed by atoms with Crippen LogP contribution < -0.4 is 0 Å². The number of rotatable bonds is 2. The molecule has 3 nitrogen and oxygen atoms in total. The van der Waals surface area contributed by atoms with Crippen LogP contribution in [0.4, 0.5) is 0 Å². The molecule has 0 aliphatic carbocycles. The summed E-state index contributed by atoms with van der Waals surface area (Å²) >= 11 is 17.9. The molecule has 0 saturated heterocycles. The van der Waals surface area contributed by atoms with Crippen LogP contribution in [0.3, 0.4) is 0 Å². The predicted molar refractivity (Wildman–Crippen MR) is 72.3 cm³/mol. The van der Waals surface area contributed by atoms with Crippen LogP contribution in [0.5, 0.6) is 5.75 Å². The van der Waals surface area contributed by atoms with E-state index in [4.69, 9.17) is 39.9 Å². The Morgan fingerprint density at radius 2 is 1.83 bits per heavy atom. The lowest BCUT2D eigenvalue weighted by molar-refractivity contribution is 0.270. The summed E-state index contributed by atoms with van der Waals surface area (Å²) in [6.45, 7) is -0.332. The van der Waals surface area contributed by atoms with Gasteiger partial charge in [-0.3, -0.25) is 4.98 Å². The number of nitrogens with zero attached hydrogens (tertiary/aromatic N) is 1. The molecule has 0 aliphatic heterocycles. The van der Waals surface area contributed by atoms with Gasteiger partial charge in [-0.1, -0.05) is 40.9 Å². The van der Waals surface area contributed by atoms with Gasteiger partial charge in [0.1, 0.15) is 11.4 Å². The third-order valence-corrected chi connectivity index (χ3v) is 3.74. The molecule has 1 aromatic heterocycles. The van der Waals surface area contributed by atoms with Crippen LogP contribution in [0.15, 0.2) is 24.4 Å². The van der Waals surface area contributed by atoms with E-state index < -0.39 is 0 Å². The highest BCUT2D eigenvalue weighted by molar-refractivity contribution is 6.49. The molecule has 1 heterocycles. The van der Waals surface area contributed by atoms with Crippen LogP contribution in [-0.4, -0.2) is 15.2 Å². The van der Waals surface area contributed by atoms with Gasteiger partial charge in [0.15, 0.2) is 0 Å². The van der Waals surface area contributed by atoms with E-state index in [2.05, 4.69) is 4.98 Å². The molecule has 94 valence electrons. The van der Waals surface area contributed by atoms with E-state index >= 15 is 0 Å². The molecule has 0 saturated carbocycles. The summed E-state index contributed by atoms with van der Waals surface area (Å²) in [6.07, 6.45) is 1.50. The maximum Gasteiger partial charge on any atom is 0.140 e. The second-order valence-corrected chi connectivity index (χ2v) is 4.73. The van der Waals surface area contributed by atoms with Crippen molar-refractivity contribution in [3.63, 3.8) is 0 Å². The Kier molecular flexibility index (Phi) is 3.97. The Morgan fingerprint density at radius 1 is 1.11 bits per heavy atom. The Morgan fingerprint density at radius 3 is 2.44 bits per heavy atom. The van der Waals surface area contributed by atoms with Gasteiger partial charge in [0.05, 0.1) is 21.7 Å². The van der Waals surface area contributed by atoms with Gasteiger partial charge in [-0.05, 0) is 12.1 Å². The molecule has 0 atom stereocenters. The molecule has 18 heavy (non-hydrogen) atoms. The summed E-state index contributed by atoms with van der Waals surface area (Å²) in [5.41, 5.74) is 1.40. The molecule has 6 heteroatoms. The fraction of sp³-hybridized carbons (Fsp3) is 0.0833. The fourth-order valence-corrected chi connectivity index (χ4v) is 2.14. The van der Waals surface area contributed by atoms with Crippen LogP contribution in [-0.2, 0) is 6.61 Å². The first-order chi connectivity index (χ1) is 8.54. The Hall–Kier alpha value is -1.00. The Labute approximate surface area is 119 Å². The van der Waals surface area contributed by atoms with Crippen molar-refractivity contribution in [3.05, 3.63) is 45.2 Å². The number of hydrogen-bond acceptors (Lipinski definition) is 3. The van der Waals surface area contributed by atoms with E-state index in [1.807, 2.05) is 0 Å². The minimum atomic E-state index is -0.332. The lowest BCUT2D eigenvalue weighted by atomic mass is 10.1. The molecular weight excluding hydrogens is 296 g/mol. The molecule has 1 aromatic carbocycles. The van der Waals surface area contributed by atoms with Crippen LogP contribution in [0, 0.1) is 0 Å². The number of benzene rings is 1. The van der Waals surface area contributed by atoms with Crippen molar-refractivity contribution in [2.24, 2.45) is 0 Å². The fourth-order valence-electron chi connectivity index (χ4n) is 1.50. The van der Waals surface area contributed by atoms with Gasteiger partial charge in [0.25, 0.3) is 0 Å². The highest BCUT2D eigenvalue weighted by Gasteiger charge is 2.12. The van der Waals surface area contributed by atoms with Crippen molar-refractivity contribution >= 4 is 34.8 Å². The predicted octanol–water partition coefficient (Wildman–Crippen LogP) is 3.91. The van der Waals surface area contributed by atoms with Crippen molar-refractivity contribution in [2.75, 3.05) is 0 Å². The van der Waals surface area contributed by atoms with Crippen molar-refractivity contribution in [3.8, 4) is 16.9 Å². The second kappa shape index (κ2) is 5.33. The van der Waals surface area contributed by atoms with E-state index in [1.165, 1.54) is 12.3 Å². The number of hydrogen-bond donors (Lipinski definition) is 2. The average molecular weight is 305 g/mol. The maximum absolute atomic E-state index is 9.64. The summed E-state index contributed by atoms with van der Waals surface area (Å²) < 4.78 is 0. The molecule has 2 N–H and O–H groups in total. The van der Waals surface area contributed by atoms with Crippen molar-refractivity contribution in [2.45, 2.75) is 6.61 Å². The molecule has 0 aliphatic rings. The normalized spacial score (nSPS) is 10.7. The Bertz CT molecular complexity index is 602. The zero-order valence-electron chi connectivity index (χ0n) is 8.99. The van der Waals surface area contributed by atoms with Gasteiger partial charge in [-0.25, -0.2) is 0 Å². The highest BCUT2D eigenvalue weighted by atomic mass is 35.5. The van der Waals surface area contributed by atoms with Crippen LogP contribution in [0.25, 0.3) is 11.1 Å². The first-order valence-electron chi connectivity index (χ1n) is 4.97. The third kappa shape index (κ3) is 2.40. The van der Waals surface area contributed by atoms with Crippen molar-refractivity contribution in [1.82, 2.24) is 4.98 Å². The number of aliphatic hydroxyl groups excluding tert-OH is 1. The summed E-state index contributed by atoms with van der Waals surface area (Å²) in [7, 11) is 0. The van der Waals surface area contributed by atoms with Crippen molar-refractivity contribution < 1.29 is 10.2 Å². The highest BCUT2D eigenvalue weighted by Crippen LogP contribution is 2.38. The molecule has 0 amide bonds. The minimum Gasteiger partial charge on any atom is -0.506 e. The minimum absolute atomic E-state index is 0.0999. The summed E-state index contributed by atoms with van der Waals surface area (Å²) in [5, 5.41) is 19.5. The molecular formula is C12H8Cl3NO2. The molecule has 2 aromatic rings. The smallest absolute Gasteiger partial charge is 0.140 e. The van der Waals surface area contributed by atoms with Crippen LogP contribution in [0.1, 0.15) is 5.69 Å². The zero-order valence-corrected chi connectivity index (χ0v) is 11.3. The van der Waals surface area contributed by atoms with Gasteiger partial charge < -0.3 is 10.2 Å². The van der Waals surface area contributed by atoms with Crippen LogP contribution in [0.2, 0.25) is 15.1 Å². The molecule has 0 radical (unpaired) electrons. The largest absolute Gasteiger partial charge is 0.506 e. The number of pyridine rings is 1. The monoisotopic (exact) mass is 303 g/mol. The maximum atomic E-state index is 9.64. The number of halogens is 3. The van der Waals surface area contributed by atoms with E-state index in [1.54, 1.807) is 12.1 Å². The average Bonchev–Trinajstić information content (AvgIpc) is 2.36. The van der Waals surface area contributed by atoms with Gasteiger partial charge in [-0.15, -0.1) is 0 Å². The van der Waals surface area contributed by atoms with E-state index in [-0.39, 0.29) is 23.1 Å². The van der Waals surface area contributed by atoms with Crippen molar-refractivity contribution in [1.29, 1.82) is 0 Å². The topological polar surface area (TPSA) is 53.4 Å². The summed E-state index contributed by atoms with van der Waals surface area (Å²) in [4.78, 5) is 3.93. The molecule has 0 fully saturated rings. The van der Waals surface area contributed by atoms with Gasteiger partial charge in [-0.2, -0.15) is 0 Å².